The van der Waals surface area contributed by atoms with E-state index >= 15 is 0 Å². The molecule has 0 radical (unpaired) electrons. The molecule has 1 atom stereocenters. The highest BCUT2D eigenvalue weighted by Gasteiger charge is 2.16. The zero-order valence-corrected chi connectivity index (χ0v) is 10.9. The Labute approximate surface area is 108 Å². The maximum absolute atomic E-state index is 11.7. The van der Waals surface area contributed by atoms with Crippen molar-refractivity contribution in [2.45, 2.75) is 39.2 Å². The van der Waals surface area contributed by atoms with Crippen LogP contribution in [0.5, 0.6) is 0 Å². The SMILES string of the molecule is CCCC/C(C)=N/NC(=O)C(O)c1ccccc1. The molecule has 0 saturated heterocycles. The number of rotatable bonds is 6. The molecule has 0 aliphatic carbocycles. The fraction of sp³-hybridized carbons (Fsp3) is 0.429. The van der Waals surface area contributed by atoms with E-state index in [0.29, 0.717) is 5.56 Å². The van der Waals surface area contributed by atoms with Gasteiger partial charge in [0.2, 0.25) is 0 Å². The van der Waals surface area contributed by atoms with Crippen molar-refractivity contribution in [2.24, 2.45) is 5.10 Å². The number of nitrogens with one attached hydrogen (secondary N) is 1. The number of hydrazone groups is 1. The number of carbonyl (C=O) groups is 1. The summed E-state index contributed by atoms with van der Waals surface area (Å²) in [4.78, 5) is 11.7. The van der Waals surface area contributed by atoms with Crippen LogP contribution in [0.15, 0.2) is 35.4 Å². The molecular weight excluding hydrogens is 228 g/mol. The molecule has 18 heavy (non-hydrogen) atoms. The highest BCUT2D eigenvalue weighted by atomic mass is 16.3. The number of aliphatic hydroxyl groups is 1. The lowest BCUT2D eigenvalue weighted by atomic mass is 10.1. The summed E-state index contributed by atoms with van der Waals surface area (Å²) in [7, 11) is 0. The second kappa shape index (κ2) is 7.61. The Morgan fingerprint density at radius 1 is 1.39 bits per heavy atom. The number of hydrogen-bond acceptors (Lipinski definition) is 3. The average Bonchev–Trinajstić information content (AvgIpc) is 2.42. The zero-order valence-electron chi connectivity index (χ0n) is 10.9. The molecule has 0 aromatic heterocycles. The summed E-state index contributed by atoms with van der Waals surface area (Å²) in [6, 6.07) is 8.81. The number of unbranched alkanes of at least 4 members (excludes halogenated alkanes) is 1. The second-order valence-electron chi connectivity index (χ2n) is 4.24. The molecule has 0 aliphatic rings. The molecular formula is C14H20N2O2. The van der Waals surface area contributed by atoms with Crippen molar-refractivity contribution in [1.29, 1.82) is 0 Å². The van der Waals surface area contributed by atoms with Gasteiger partial charge in [-0.1, -0.05) is 43.7 Å². The van der Waals surface area contributed by atoms with Crippen molar-refractivity contribution >= 4 is 11.6 Å². The van der Waals surface area contributed by atoms with E-state index in [9.17, 15) is 9.90 Å². The number of hydrogen-bond donors (Lipinski definition) is 2. The molecule has 1 amide bonds. The maximum Gasteiger partial charge on any atom is 0.273 e. The van der Waals surface area contributed by atoms with Crippen molar-refractivity contribution in [1.82, 2.24) is 5.43 Å². The molecule has 98 valence electrons. The van der Waals surface area contributed by atoms with Gasteiger partial charge in [0, 0.05) is 5.71 Å². The van der Waals surface area contributed by atoms with E-state index in [0.717, 1.165) is 25.0 Å². The van der Waals surface area contributed by atoms with Gasteiger partial charge >= 0.3 is 0 Å². The fourth-order valence-corrected chi connectivity index (χ4v) is 1.49. The highest BCUT2D eigenvalue weighted by Crippen LogP contribution is 2.11. The van der Waals surface area contributed by atoms with Crippen LogP contribution in [0, 0.1) is 0 Å². The van der Waals surface area contributed by atoms with Gasteiger partial charge in [0.1, 0.15) is 0 Å². The van der Waals surface area contributed by atoms with Crippen LogP contribution in [0.3, 0.4) is 0 Å². The molecule has 0 bridgehead atoms. The lowest BCUT2D eigenvalue weighted by Crippen LogP contribution is -2.25. The van der Waals surface area contributed by atoms with Crippen LogP contribution in [0.1, 0.15) is 44.8 Å². The summed E-state index contributed by atoms with van der Waals surface area (Å²) in [6.45, 7) is 3.97. The monoisotopic (exact) mass is 248 g/mol. The van der Waals surface area contributed by atoms with Crippen molar-refractivity contribution < 1.29 is 9.90 Å². The Bertz CT molecular complexity index is 402. The van der Waals surface area contributed by atoms with Crippen molar-refractivity contribution in [3.63, 3.8) is 0 Å². The summed E-state index contributed by atoms with van der Waals surface area (Å²) in [5.74, 6) is -0.503. The zero-order chi connectivity index (χ0) is 13.4. The van der Waals surface area contributed by atoms with Gasteiger partial charge in [-0.05, 0) is 25.3 Å². The molecule has 4 nitrogen and oxygen atoms in total. The second-order valence-corrected chi connectivity index (χ2v) is 4.24. The number of carbonyl (C=O) groups excluding carboxylic acids is 1. The molecule has 1 rings (SSSR count). The molecule has 2 N–H and O–H groups in total. The van der Waals surface area contributed by atoms with Crippen LogP contribution in [-0.2, 0) is 4.79 Å². The molecule has 1 aromatic carbocycles. The van der Waals surface area contributed by atoms with E-state index in [1.54, 1.807) is 24.3 Å². The van der Waals surface area contributed by atoms with Crippen LogP contribution in [0.25, 0.3) is 0 Å². The topological polar surface area (TPSA) is 61.7 Å². The van der Waals surface area contributed by atoms with Crippen molar-refractivity contribution in [2.75, 3.05) is 0 Å². The Morgan fingerprint density at radius 2 is 2.06 bits per heavy atom. The third-order valence-corrected chi connectivity index (χ3v) is 2.61. The quantitative estimate of drug-likeness (QED) is 0.600. The molecule has 1 unspecified atom stereocenters. The van der Waals surface area contributed by atoms with Crippen LogP contribution in [0.2, 0.25) is 0 Å². The number of aliphatic hydroxyl groups excluding tert-OH is 1. The average molecular weight is 248 g/mol. The largest absolute Gasteiger partial charge is 0.378 e. The van der Waals surface area contributed by atoms with Gasteiger partial charge in [-0.2, -0.15) is 5.10 Å². The maximum atomic E-state index is 11.7. The lowest BCUT2D eigenvalue weighted by Gasteiger charge is -2.09. The van der Waals surface area contributed by atoms with Gasteiger partial charge in [0.05, 0.1) is 0 Å². The first kappa shape index (κ1) is 14.4. The third-order valence-electron chi connectivity index (χ3n) is 2.61. The molecule has 0 spiro atoms. The van der Waals surface area contributed by atoms with E-state index in [4.69, 9.17) is 0 Å². The van der Waals surface area contributed by atoms with Gasteiger partial charge in [0.25, 0.3) is 5.91 Å². The lowest BCUT2D eigenvalue weighted by molar-refractivity contribution is -0.129. The fourth-order valence-electron chi connectivity index (χ4n) is 1.49. The predicted molar refractivity (Wildman–Crippen MR) is 72.2 cm³/mol. The molecule has 0 fully saturated rings. The smallest absolute Gasteiger partial charge is 0.273 e. The Balaban J connectivity index is 2.51. The van der Waals surface area contributed by atoms with Crippen LogP contribution >= 0.6 is 0 Å². The standard InChI is InChI=1S/C14H20N2O2/c1-3-4-8-11(2)15-16-14(18)13(17)12-9-6-5-7-10-12/h5-7,9-10,13,17H,3-4,8H2,1-2H3,(H,16,18)/b15-11+. The van der Waals surface area contributed by atoms with Crippen LogP contribution in [0.4, 0.5) is 0 Å². The van der Waals surface area contributed by atoms with Gasteiger partial charge in [-0.3, -0.25) is 4.79 Å². The Morgan fingerprint density at radius 3 is 2.67 bits per heavy atom. The van der Waals surface area contributed by atoms with E-state index in [2.05, 4.69) is 17.5 Å². The minimum Gasteiger partial charge on any atom is -0.378 e. The number of benzene rings is 1. The minimum atomic E-state index is -1.17. The van der Waals surface area contributed by atoms with E-state index < -0.39 is 12.0 Å². The van der Waals surface area contributed by atoms with E-state index in [1.165, 1.54) is 0 Å². The summed E-state index contributed by atoms with van der Waals surface area (Å²) in [6.07, 6.45) is 1.83. The first-order valence-corrected chi connectivity index (χ1v) is 6.21. The molecule has 1 aromatic rings. The summed E-state index contributed by atoms with van der Waals surface area (Å²) < 4.78 is 0. The van der Waals surface area contributed by atoms with E-state index in [1.807, 2.05) is 13.0 Å². The summed E-state index contributed by atoms with van der Waals surface area (Å²) >= 11 is 0. The van der Waals surface area contributed by atoms with Gasteiger partial charge in [-0.15, -0.1) is 0 Å². The van der Waals surface area contributed by atoms with Crippen LogP contribution < -0.4 is 5.43 Å². The number of nitrogens with zero attached hydrogens (tertiary/aromatic N) is 1. The highest BCUT2D eigenvalue weighted by molar-refractivity contribution is 5.86. The van der Waals surface area contributed by atoms with Crippen molar-refractivity contribution in [3.05, 3.63) is 35.9 Å². The first-order valence-electron chi connectivity index (χ1n) is 6.21. The van der Waals surface area contributed by atoms with Crippen molar-refractivity contribution in [3.8, 4) is 0 Å². The molecule has 0 aliphatic heterocycles. The van der Waals surface area contributed by atoms with Gasteiger partial charge in [-0.25, -0.2) is 5.43 Å². The Kier molecular flexibility index (Phi) is 6.08. The van der Waals surface area contributed by atoms with Crippen LogP contribution in [-0.4, -0.2) is 16.7 Å². The van der Waals surface area contributed by atoms with Gasteiger partial charge < -0.3 is 5.11 Å². The number of amides is 1. The molecule has 4 heteroatoms. The summed E-state index contributed by atoms with van der Waals surface area (Å²) in [5.41, 5.74) is 3.82. The Hall–Kier alpha value is -1.68. The summed E-state index contributed by atoms with van der Waals surface area (Å²) in [5, 5.41) is 13.8. The first-order chi connectivity index (χ1) is 8.65. The van der Waals surface area contributed by atoms with E-state index in [-0.39, 0.29) is 0 Å². The van der Waals surface area contributed by atoms with Gasteiger partial charge in [0.15, 0.2) is 6.10 Å². The normalized spacial score (nSPS) is 13.2. The third kappa shape index (κ3) is 4.67. The predicted octanol–water partition coefficient (Wildman–Crippen LogP) is 2.40. The minimum absolute atomic E-state index is 0.503. The molecule has 0 heterocycles. The molecule has 0 saturated carbocycles.